The molecule has 0 aromatic carbocycles. The third kappa shape index (κ3) is 3.62. The van der Waals surface area contributed by atoms with Gasteiger partial charge in [-0.25, -0.2) is 8.42 Å². The SMILES string of the molecule is NC(=O)C(O[SH](=O)=O)C(O)CO. The Balaban J connectivity index is 4.32. The molecular weight excluding hydrogens is 190 g/mol. The summed E-state index contributed by atoms with van der Waals surface area (Å²) < 4.78 is 23.8. The molecule has 2 atom stereocenters. The van der Waals surface area contributed by atoms with Crippen LogP contribution in [-0.2, 0) is 20.0 Å². The summed E-state index contributed by atoms with van der Waals surface area (Å²) in [7, 11) is -3.28. The molecule has 0 aromatic heterocycles. The van der Waals surface area contributed by atoms with E-state index in [0.717, 1.165) is 0 Å². The first-order chi connectivity index (χ1) is 5.49. The molecule has 0 heterocycles. The van der Waals surface area contributed by atoms with Gasteiger partial charge < -0.3 is 15.9 Å². The lowest BCUT2D eigenvalue weighted by Crippen LogP contribution is -2.42. The maximum atomic E-state index is 10.4. The molecular formula is C4H9NO6S. The van der Waals surface area contributed by atoms with Crippen LogP contribution in [0.2, 0.25) is 0 Å². The highest BCUT2D eigenvalue weighted by Gasteiger charge is 2.26. The maximum absolute atomic E-state index is 10.4. The van der Waals surface area contributed by atoms with Crippen molar-refractivity contribution in [3.05, 3.63) is 0 Å². The van der Waals surface area contributed by atoms with Crippen molar-refractivity contribution in [3.63, 3.8) is 0 Å². The molecule has 0 spiro atoms. The van der Waals surface area contributed by atoms with Crippen LogP contribution in [0.25, 0.3) is 0 Å². The highest BCUT2D eigenvalue weighted by Crippen LogP contribution is 1.98. The number of hydrogen-bond acceptors (Lipinski definition) is 6. The predicted molar refractivity (Wildman–Crippen MR) is 37.5 cm³/mol. The van der Waals surface area contributed by atoms with E-state index in [-0.39, 0.29) is 0 Å². The Bertz CT molecular complexity index is 218. The zero-order chi connectivity index (χ0) is 9.72. The lowest BCUT2D eigenvalue weighted by molar-refractivity contribution is -0.130. The Morgan fingerprint density at radius 3 is 2.33 bits per heavy atom. The maximum Gasteiger partial charge on any atom is 0.258 e. The molecule has 0 aliphatic heterocycles. The summed E-state index contributed by atoms with van der Waals surface area (Å²) in [5.74, 6) is -1.16. The zero-order valence-electron chi connectivity index (χ0n) is 5.91. The van der Waals surface area contributed by atoms with Crippen molar-refractivity contribution in [1.82, 2.24) is 0 Å². The summed E-state index contributed by atoms with van der Waals surface area (Å²) >= 11 is 0. The van der Waals surface area contributed by atoms with E-state index in [0.29, 0.717) is 0 Å². The zero-order valence-corrected chi connectivity index (χ0v) is 6.81. The fourth-order valence-corrected chi connectivity index (χ4v) is 0.930. The van der Waals surface area contributed by atoms with Gasteiger partial charge in [0.2, 0.25) is 0 Å². The molecule has 72 valence electrons. The average molecular weight is 199 g/mol. The highest BCUT2D eigenvalue weighted by molar-refractivity contribution is 7.67. The van der Waals surface area contributed by atoms with Gasteiger partial charge in [0.1, 0.15) is 6.10 Å². The molecule has 0 rings (SSSR count). The highest BCUT2D eigenvalue weighted by atomic mass is 32.2. The smallest absolute Gasteiger partial charge is 0.258 e. The monoisotopic (exact) mass is 199 g/mol. The van der Waals surface area contributed by atoms with Crippen LogP contribution in [0.3, 0.4) is 0 Å². The summed E-state index contributed by atoms with van der Waals surface area (Å²) in [5, 5.41) is 17.1. The Hall–Kier alpha value is -0.700. The molecule has 0 saturated heterocycles. The topological polar surface area (TPSA) is 127 Å². The van der Waals surface area contributed by atoms with Crippen molar-refractivity contribution >= 4 is 16.9 Å². The fourth-order valence-electron chi connectivity index (χ4n) is 0.500. The first kappa shape index (κ1) is 11.3. The van der Waals surface area contributed by atoms with E-state index in [1.807, 2.05) is 0 Å². The molecule has 12 heavy (non-hydrogen) atoms. The second-order valence-corrected chi connectivity index (χ2v) is 2.56. The number of amides is 1. The number of thiol groups is 1. The van der Waals surface area contributed by atoms with Gasteiger partial charge >= 0.3 is 0 Å². The van der Waals surface area contributed by atoms with Crippen molar-refractivity contribution in [2.24, 2.45) is 5.73 Å². The molecule has 4 N–H and O–H groups in total. The molecule has 1 amide bonds. The van der Waals surface area contributed by atoms with E-state index >= 15 is 0 Å². The molecule has 2 unspecified atom stereocenters. The number of carbonyl (C=O) groups excluding carboxylic acids is 1. The Labute approximate surface area is 69.9 Å². The van der Waals surface area contributed by atoms with Gasteiger partial charge in [-0.3, -0.25) is 8.98 Å². The van der Waals surface area contributed by atoms with E-state index in [9.17, 15) is 13.2 Å². The van der Waals surface area contributed by atoms with Gasteiger partial charge in [0, 0.05) is 0 Å². The fraction of sp³-hybridized carbons (Fsp3) is 0.750. The second kappa shape index (κ2) is 5.04. The van der Waals surface area contributed by atoms with Crippen LogP contribution >= 0.6 is 0 Å². The van der Waals surface area contributed by atoms with Gasteiger partial charge in [0.05, 0.1) is 6.61 Å². The number of primary amides is 1. The van der Waals surface area contributed by atoms with Crippen LogP contribution in [0.4, 0.5) is 0 Å². The summed E-state index contributed by atoms with van der Waals surface area (Å²) in [5.41, 5.74) is 4.66. The van der Waals surface area contributed by atoms with Crippen molar-refractivity contribution in [3.8, 4) is 0 Å². The van der Waals surface area contributed by atoms with Gasteiger partial charge in [-0.05, 0) is 0 Å². The van der Waals surface area contributed by atoms with E-state index in [2.05, 4.69) is 9.92 Å². The summed E-state index contributed by atoms with van der Waals surface area (Å²) in [6.07, 6.45) is -3.36. The number of rotatable bonds is 5. The number of aliphatic hydroxyl groups is 2. The number of carbonyl (C=O) groups is 1. The Kier molecular flexibility index (Phi) is 4.74. The van der Waals surface area contributed by atoms with E-state index < -0.39 is 35.7 Å². The number of hydrogen-bond donors (Lipinski definition) is 4. The third-order valence-corrected chi connectivity index (χ3v) is 1.42. The minimum atomic E-state index is -3.28. The van der Waals surface area contributed by atoms with Gasteiger partial charge in [-0.2, -0.15) is 0 Å². The normalized spacial score (nSPS) is 15.9. The molecule has 0 radical (unpaired) electrons. The van der Waals surface area contributed by atoms with Crippen molar-refractivity contribution in [2.75, 3.05) is 6.61 Å². The first-order valence-corrected chi connectivity index (χ1v) is 3.98. The molecule has 0 aromatic rings. The average Bonchev–Trinajstić information content (AvgIpc) is 1.98. The minimum Gasteiger partial charge on any atom is -0.394 e. The molecule has 0 bridgehead atoms. The number of nitrogens with two attached hydrogens (primary N) is 1. The molecule has 0 aliphatic carbocycles. The second-order valence-electron chi connectivity index (χ2n) is 1.90. The lowest BCUT2D eigenvalue weighted by Gasteiger charge is -2.14. The van der Waals surface area contributed by atoms with E-state index in [1.54, 1.807) is 0 Å². The molecule has 0 aliphatic rings. The van der Waals surface area contributed by atoms with Crippen LogP contribution in [-0.4, -0.2) is 43.4 Å². The largest absolute Gasteiger partial charge is 0.394 e. The van der Waals surface area contributed by atoms with Gasteiger partial charge in [0.15, 0.2) is 6.10 Å². The van der Waals surface area contributed by atoms with Crippen LogP contribution in [0.5, 0.6) is 0 Å². The Morgan fingerprint density at radius 2 is 2.08 bits per heavy atom. The van der Waals surface area contributed by atoms with Gasteiger partial charge in [-0.1, -0.05) is 0 Å². The quantitative estimate of drug-likeness (QED) is 0.344. The van der Waals surface area contributed by atoms with Crippen LogP contribution in [0.15, 0.2) is 0 Å². The summed E-state index contributed by atoms with van der Waals surface area (Å²) in [6, 6.07) is 0. The third-order valence-electron chi connectivity index (χ3n) is 1.02. The van der Waals surface area contributed by atoms with Crippen LogP contribution < -0.4 is 5.73 Å². The number of aliphatic hydroxyl groups excluding tert-OH is 2. The first-order valence-electron chi connectivity index (χ1n) is 2.88. The van der Waals surface area contributed by atoms with Crippen molar-refractivity contribution < 1.29 is 27.6 Å². The summed E-state index contributed by atoms with van der Waals surface area (Å²) in [4.78, 5) is 10.4. The molecule has 0 fully saturated rings. The van der Waals surface area contributed by atoms with E-state index in [1.165, 1.54) is 0 Å². The van der Waals surface area contributed by atoms with E-state index in [4.69, 9.17) is 10.2 Å². The lowest BCUT2D eigenvalue weighted by atomic mass is 10.2. The van der Waals surface area contributed by atoms with Crippen LogP contribution in [0, 0.1) is 0 Å². The van der Waals surface area contributed by atoms with Gasteiger partial charge in [-0.15, -0.1) is 0 Å². The minimum absolute atomic E-state index is 0.809. The summed E-state index contributed by atoms with van der Waals surface area (Å²) in [6.45, 7) is -0.809. The Morgan fingerprint density at radius 1 is 1.58 bits per heavy atom. The molecule has 7 nitrogen and oxygen atoms in total. The molecule has 8 heteroatoms. The van der Waals surface area contributed by atoms with Gasteiger partial charge in [0.25, 0.3) is 16.9 Å². The molecule has 0 saturated carbocycles. The standard InChI is InChI=1S/C4H9NO6S/c5-4(8)3(2(7)1-6)11-12(9)10/h2-3,6-7,12H,1H2,(H2,5,8). The van der Waals surface area contributed by atoms with Crippen LogP contribution in [0.1, 0.15) is 0 Å². The predicted octanol–water partition coefficient (Wildman–Crippen LogP) is -3.26. The van der Waals surface area contributed by atoms with Crippen molar-refractivity contribution in [1.29, 1.82) is 0 Å². The van der Waals surface area contributed by atoms with Crippen molar-refractivity contribution in [2.45, 2.75) is 12.2 Å².